The Hall–Kier alpha value is -1.50. The molecule has 1 amide bonds. The van der Waals surface area contributed by atoms with Gasteiger partial charge < -0.3 is 10.1 Å². The van der Waals surface area contributed by atoms with E-state index in [4.69, 9.17) is 7.98 Å². The Labute approximate surface area is 116 Å². The van der Waals surface area contributed by atoms with Gasteiger partial charge in [-0.2, -0.15) is 0 Å². The molecule has 1 aromatic rings. The van der Waals surface area contributed by atoms with E-state index in [9.17, 15) is 18.0 Å². The van der Waals surface area contributed by atoms with Crippen molar-refractivity contribution in [3.63, 3.8) is 0 Å². The van der Waals surface area contributed by atoms with Crippen LogP contribution in [0, 0.1) is 17.5 Å². The molecule has 0 aromatic heterocycles. The molecule has 2 rings (SSSR count). The largest absolute Gasteiger partial charge is 0.351 e. The molecule has 1 aromatic carbocycles. The van der Waals surface area contributed by atoms with Crippen LogP contribution in [0.3, 0.4) is 0 Å². The van der Waals surface area contributed by atoms with Crippen LogP contribution in [0.15, 0.2) is 12.1 Å². The van der Waals surface area contributed by atoms with E-state index in [0.29, 0.717) is 12.5 Å². The molecule has 3 nitrogen and oxygen atoms in total. The average Bonchev–Trinajstić information content (AvgIpc) is 2.72. The molecule has 1 fully saturated rings. The standard InChI is InChI=1S/C13H14BF3N2O/c1-7-2-3-11(19(7)14)13(20)18-6-8-4-9(15)5-10(16)12(8)17/h4-5,7,11H,2-3,6H2,1H3,(H,18,20)/t7-,11-/m0/s1. The molecule has 0 aliphatic carbocycles. The van der Waals surface area contributed by atoms with Crippen molar-refractivity contribution in [2.24, 2.45) is 0 Å². The number of hydrogen-bond donors (Lipinski definition) is 1. The normalized spacial score (nSPS) is 23.0. The minimum Gasteiger partial charge on any atom is -0.351 e. The zero-order valence-corrected chi connectivity index (χ0v) is 11.0. The molecule has 106 valence electrons. The predicted octanol–water partition coefficient (Wildman–Crippen LogP) is 1.66. The van der Waals surface area contributed by atoms with Crippen molar-refractivity contribution >= 4 is 13.9 Å². The molecule has 1 N–H and O–H groups in total. The summed E-state index contributed by atoms with van der Waals surface area (Å²) < 4.78 is 39.4. The van der Waals surface area contributed by atoms with Crippen LogP contribution < -0.4 is 5.32 Å². The molecule has 1 heterocycles. The lowest BCUT2D eigenvalue weighted by molar-refractivity contribution is -0.124. The van der Waals surface area contributed by atoms with E-state index < -0.39 is 23.5 Å². The molecule has 1 aliphatic rings. The SMILES string of the molecule is [B]N1[C@@H](C)CC[C@H]1C(=O)NCc1cc(F)cc(F)c1F. The molecule has 2 atom stereocenters. The molecule has 20 heavy (non-hydrogen) atoms. The summed E-state index contributed by atoms with van der Waals surface area (Å²) in [6.45, 7) is 1.62. The quantitative estimate of drug-likeness (QED) is 0.675. The summed E-state index contributed by atoms with van der Waals surface area (Å²) in [6.07, 6.45) is 1.39. The number of nitrogens with one attached hydrogen (secondary N) is 1. The summed E-state index contributed by atoms with van der Waals surface area (Å²) in [5.74, 6) is -3.69. The molecular weight excluding hydrogens is 268 g/mol. The summed E-state index contributed by atoms with van der Waals surface area (Å²) in [5.41, 5.74) is -0.231. The first kappa shape index (κ1) is 14.9. The highest BCUT2D eigenvalue weighted by Crippen LogP contribution is 2.21. The van der Waals surface area contributed by atoms with Crippen molar-refractivity contribution in [3.05, 3.63) is 35.1 Å². The number of carbonyl (C=O) groups is 1. The summed E-state index contributed by atoms with van der Waals surface area (Å²) in [6, 6.07) is 0.914. The molecule has 0 saturated carbocycles. The fraction of sp³-hybridized carbons (Fsp3) is 0.462. The Morgan fingerprint density at radius 2 is 2.10 bits per heavy atom. The van der Waals surface area contributed by atoms with Crippen LogP contribution in [0.1, 0.15) is 25.3 Å². The molecule has 2 radical (unpaired) electrons. The molecular formula is C13H14BF3N2O. The second kappa shape index (κ2) is 5.87. The van der Waals surface area contributed by atoms with E-state index in [1.165, 1.54) is 4.81 Å². The Balaban J connectivity index is 2.01. The third-order valence-corrected chi connectivity index (χ3v) is 3.55. The van der Waals surface area contributed by atoms with Gasteiger partial charge in [-0.15, -0.1) is 0 Å². The van der Waals surface area contributed by atoms with Crippen molar-refractivity contribution in [2.75, 3.05) is 0 Å². The Bertz CT molecular complexity index is 527. The van der Waals surface area contributed by atoms with Gasteiger partial charge in [0.25, 0.3) is 0 Å². The highest BCUT2D eigenvalue weighted by molar-refractivity contribution is 6.07. The molecule has 1 aliphatic heterocycles. The second-order valence-corrected chi connectivity index (χ2v) is 4.97. The van der Waals surface area contributed by atoms with Gasteiger partial charge in [0.2, 0.25) is 5.91 Å². The lowest BCUT2D eigenvalue weighted by atomic mass is 10.1. The van der Waals surface area contributed by atoms with Crippen LogP contribution in [-0.2, 0) is 11.3 Å². The Morgan fingerprint density at radius 3 is 2.70 bits per heavy atom. The zero-order chi connectivity index (χ0) is 14.9. The number of benzene rings is 1. The maximum Gasteiger partial charge on any atom is 0.236 e. The van der Waals surface area contributed by atoms with E-state index in [1.807, 2.05) is 6.92 Å². The summed E-state index contributed by atoms with van der Waals surface area (Å²) in [4.78, 5) is 13.4. The van der Waals surface area contributed by atoms with Crippen molar-refractivity contribution in [2.45, 2.75) is 38.4 Å². The van der Waals surface area contributed by atoms with Crippen molar-refractivity contribution in [1.29, 1.82) is 0 Å². The first-order valence-corrected chi connectivity index (χ1v) is 6.34. The molecule has 1 saturated heterocycles. The summed E-state index contributed by atoms with van der Waals surface area (Å²) in [5, 5.41) is 2.45. The highest BCUT2D eigenvalue weighted by Gasteiger charge is 2.31. The number of amides is 1. The Kier molecular flexibility index (Phi) is 4.37. The third-order valence-electron chi connectivity index (χ3n) is 3.55. The number of hydrogen-bond acceptors (Lipinski definition) is 2. The lowest BCUT2D eigenvalue weighted by Gasteiger charge is -2.23. The van der Waals surface area contributed by atoms with Crippen LogP contribution in [0.5, 0.6) is 0 Å². The van der Waals surface area contributed by atoms with Gasteiger partial charge in [0, 0.05) is 18.2 Å². The van der Waals surface area contributed by atoms with Gasteiger partial charge in [-0.25, -0.2) is 13.2 Å². The summed E-state index contributed by atoms with van der Waals surface area (Å²) in [7, 11) is 5.75. The number of carbonyl (C=O) groups excluding carboxylic acids is 1. The van der Waals surface area contributed by atoms with Crippen LogP contribution in [0.2, 0.25) is 0 Å². The van der Waals surface area contributed by atoms with Crippen LogP contribution in [0.4, 0.5) is 13.2 Å². The van der Waals surface area contributed by atoms with Crippen LogP contribution >= 0.6 is 0 Å². The minimum atomic E-state index is -1.27. The highest BCUT2D eigenvalue weighted by atomic mass is 19.2. The van der Waals surface area contributed by atoms with E-state index in [2.05, 4.69) is 5.32 Å². The van der Waals surface area contributed by atoms with Crippen LogP contribution in [-0.4, -0.2) is 30.8 Å². The maximum atomic E-state index is 13.4. The smallest absolute Gasteiger partial charge is 0.236 e. The zero-order valence-electron chi connectivity index (χ0n) is 11.0. The number of rotatable bonds is 3. The van der Waals surface area contributed by atoms with Crippen molar-refractivity contribution in [1.82, 2.24) is 10.1 Å². The van der Waals surface area contributed by atoms with Gasteiger partial charge >= 0.3 is 0 Å². The van der Waals surface area contributed by atoms with Crippen molar-refractivity contribution in [3.8, 4) is 0 Å². The fourth-order valence-electron chi connectivity index (χ4n) is 2.31. The van der Waals surface area contributed by atoms with E-state index in [0.717, 1.165) is 12.5 Å². The minimum absolute atomic E-state index is 0.0918. The van der Waals surface area contributed by atoms with Crippen molar-refractivity contribution < 1.29 is 18.0 Å². The van der Waals surface area contributed by atoms with Gasteiger partial charge in [0.05, 0.1) is 6.04 Å². The number of nitrogens with zero attached hydrogens (tertiary/aromatic N) is 1. The molecule has 0 spiro atoms. The van der Waals surface area contributed by atoms with E-state index >= 15 is 0 Å². The maximum absolute atomic E-state index is 13.4. The van der Waals surface area contributed by atoms with E-state index in [-0.39, 0.29) is 24.1 Å². The second-order valence-electron chi connectivity index (χ2n) is 4.97. The molecule has 0 unspecified atom stereocenters. The Morgan fingerprint density at radius 1 is 1.40 bits per heavy atom. The topological polar surface area (TPSA) is 32.3 Å². The summed E-state index contributed by atoms with van der Waals surface area (Å²) >= 11 is 0. The molecule has 0 bridgehead atoms. The molecule has 7 heteroatoms. The third kappa shape index (κ3) is 2.98. The van der Waals surface area contributed by atoms with E-state index in [1.54, 1.807) is 0 Å². The van der Waals surface area contributed by atoms with Gasteiger partial charge in [-0.05, 0) is 24.9 Å². The van der Waals surface area contributed by atoms with Crippen LogP contribution in [0.25, 0.3) is 0 Å². The van der Waals surface area contributed by atoms with Gasteiger partial charge in [-0.3, -0.25) is 4.79 Å². The monoisotopic (exact) mass is 282 g/mol. The first-order chi connectivity index (χ1) is 9.40. The van der Waals surface area contributed by atoms with Gasteiger partial charge in [-0.1, -0.05) is 6.92 Å². The van der Waals surface area contributed by atoms with Gasteiger partial charge in [0.15, 0.2) is 19.6 Å². The fourth-order valence-corrected chi connectivity index (χ4v) is 2.31. The number of halogens is 3. The lowest BCUT2D eigenvalue weighted by Crippen LogP contribution is -2.43. The predicted molar refractivity (Wildman–Crippen MR) is 68.2 cm³/mol. The van der Waals surface area contributed by atoms with Gasteiger partial charge in [0.1, 0.15) is 5.82 Å². The average molecular weight is 282 g/mol. The first-order valence-electron chi connectivity index (χ1n) is 6.34.